The molecule has 60 heavy (non-hydrogen) atoms. The lowest BCUT2D eigenvalue weighted by Crippen LogP contribution is -2.56. The van der Waals surface area contributed by atoms with Crippen LogP contribution in [0.25, 0.3) is 0 Å². The predicted octanol–water partition coefficient (Wildman–Crippen LogP) is 8.50. The molecule has 0 saturated carbocycles. The van der Waals surface area contributed by atoms with Crippen LogP contribution in [0.15, 0.2) is 97.1 Å². The largest absolute Gasteiger partial charge is 0.481 e. The molecule has 0 aromatic heterocycles. The standard InChI is InChI=1S/2C22H23Cl2NO5/c2*1-2-17(12-26)25-20(13-6-8-15(23)9-7-13)21(14-4-3-5-16(24)10-14)30-18(22(25)29)11-19(27)28/h2*3-10,17-18,20-21,26H,2,11-12H2,1H3,(H,27,28)/t17-,18+,20+,21-;17-,18-,20+,21-/m00/s1. The van der Waals surface area contributed by atoms with Crippen molar-refractivity contribution in [2.75, 3.05) is 13.2 Å². The van der Waals surface area contributed by atoms with Crippen LogP contribution in [0.4, 0.5) is 0 Å². The van der Waals surface area contributed by atoms with Gasteiger partial charge in [0.05, 0.1) is 50.2 Å². The summed E-state index contributed by atoms with van der Waals surface area (Å²) in [5, 5.41) is 40.7. The Balaban J connectivity index is 0.000000228. The van der Waals surface area contributed by atoms with Crippen LogP contribution in [-0.4, -0.2) is 91.5 Å². The van der Waals surface area contributed by atoms with Crippen LogP contribution in [0.2, 0.25) is 20.1 Å². The molecule has 0 bridgehead atoms. The predicted molar refractivity (Wildman–Crippen MR) is 227 cm³/mol. The number of carboxylic acid groups (broad SMARTS) is 2. The van der Waals surface area contributed by atoms with E-state index in [1.54, 1.807) is 94.7 Å². The molecular formula is C44H46Cl4N2O10. The maximum atomic E-state index is 13.3. The number of carbonyl (C=O) groups is 4. The highest BCUT2D eigenvalue weighted by Crippen LogP contribution is 2.46. The fraction of sp³-hybridized carbons (Fsp3) is 0.364. The molecule has 12 nitrogen and oxygen atoms in total. The van der Waals surface area contributed by atoms with Gasteiger partial charge in [0.15, 0.2) is 0 Å². The first kappa shape index (κ1) is 46.8. The lowest BCUT2D eigenvalue weighted by molar-refractivity contribution is -0.184. The van der Waals surface area contributed by atoms with Crippen molar-refractivity contribution in [3.63, 3.8) is 0 Å². The number of amides is 2. The number of carbonyl (C=O) groups excluding carboxylic acids is 2. The Hall–Kier alpha value is -4.24. The highest BCUT2D eigenvalue weighted by molar-refractivity contribution is 6.31. The van der Waals surface area contributed by atoms with Crippen LogP contribution in [0.1, 0.15) is 86.1 Å². The Kier molecular flexibility index (Phi) is 16.8. The van der Waals surface area contributed by atoms with Gasteiger partial charge in [-0.15, -0.1) is 0 Å². The Labute approximate surface area is 368 Å². The maximum Gasteiger partial charge on any atom is 0.306 e. The van der Waals surface area contributed by atoms with Gasteiger partial charge in [-0.25, -0.2) is 0 Å². The van der Waals surface area contributed by atoms with Crippen LogP contribution >= 0.6 is 46.4 Å². The lowest BCUT2D eigenvalue weighted by atomic mass is 9.89. The van der Waals surface area contributed by atoms with Crippen molar-refractivity contribution in [1.29, 1.82) is 0 Å². The Morgan fingerprint density at radius 1 is 0.567 bits per heavy atom. The van der Waals surface area contributed by atoms with E-state index >= 15 is 0 Å². The molecule has 2 aliphatic rings. The van der Waals surface area contributed by atoms with Crippen molar-refractivity contribution < 1.29 is 49.1 Å². The third-order valence-corrected chi connectivity index (χ3v) is 11.5. The number of morpholine rings is 2. The summed E-state index contributed by atoms with van der Waals surface area (Å²) in [5.74, 6) is -3.20. The fourth-order valence-electron chi connectivity index (χ4n) is 7.63. The fourth-order valence-corrected chi connectivity index (χ4v) is 8.28. The molecule has 2 saturated heterocycles. The van der Waals surface area contributed by atoms with E-state index in [1.165, 1.54) is 0 Å². The van der Waals surface area contributed by atoms with Crippen LogP contribution < -0.4 is 0 Å². The monoisotopic (exact) mass is 902 g/mol. The molecule has 2 fully saturated rings. The van der Waals surface area contributed by atoms with Gasteiger partial charge in [-0.05, 0) is 83.6 Å². The highest BCUT2D eigenvalue weighted by atomic mass is 35.5. The second kappa shape index (κ2) is 21.5. The number of rotatable bonds is 14. The molecule has 2 aliphatic heterocycles. The molecule has 0 spiro atoms. The Morgan fingerprint density at radius 2 is 0.917 bits per heavy atom. The SMILES string of the molecule is CC[C@@H](CO)N1C(=O)[C@@H](CC(=O)O)O[C@@H](c2cccc(Cl)c2)[C@H]1c1ccc(Cl)cc1.CC[C@@H](CO)N1C(=O)[C@H](CC(=O)O)O[C@@H](c2cccc(Cl)c2)[C@H]1c1ccc(Cl)cc1. The zero-order valence-corrected chi connectivity index (χ0v) is 35.8. The van der Waals surface area contributed by atoms with Crippen LogP contribution in [-0.2, 0) is 28.7 Å². The van der Waals surface area contributed by atoms with Crippen molar-refractivity contribution in [2.45, 2.75) is 88.1 Å². The van der Waals surface area contributed by atoms with Crippen molar-refractivity contribution in [1.82, 2.24) is 9.80 Å². The molecule has 2 amide bonds. The summed E-state index contributed by atoms with van der Waals surface area (Å²) < 4.78 is 12.1. The Morgan fingerprint density at radius 3 is 1.20 bits per heavy atom. The van der Waals surface area contributed by atoms with Crippen LogP contribution in [0.5, 0.6) is 0 Å². The normalized spacial score (nSPS) is 22.7. The van der Waals surface area contributed by atoms with E-state index in [9.17, 15) is 39.6 Å². The minimum absolute atomic E-state index is 0.256. The molecular weight excluding hydrogens is 858 g/mol. The van der Waals surface area contributed by atoms with Crippen molar-refractivity contribution in [2.24, 2.45) is 0 Å². The number of aliphatic carboxylic acids is 2. The molecule has 0 radical (unpaired) electrons. The van der Waals surface area contributed by atoms with Crippen molar-refractivity contribution >= 4 is 70.2 Å². The first-order valence-corrected chi connectivity index (χ1v) is 20.8. The van der Waals surface area contributed by atoms with Gasteiger partial charge in [-0.3, -0.25) is 19.2 Å². The minimum Gasteiger partial charge on any atom is -0.481 e. The third kappa shape index (κ3) is 11.2. The first-order chi connectivity index (χ1) is 28.7. The average molecular weight is 905 g/mol. The summed E-state index contributed by atoms with van der Waals surface area (Å²) in [6, 6.07) is 26.0. The number of nitrogens with zero attached hydrogens (tertiary/aromatic N) is 2. The number of aliphatic hydroxyl groups excluding tert-OH is 2. The van der Waals surface area contributed by atoms with E-state index < -0.39 is 85.2 Å². The second-order valence-corrected chi connectivity index (χ2v) is 16.1. The number of hydrogen-bond acceptors (Lipinski definition) is 8. The van der Waals surface area contributed by atoms with E-state index in [0.29, 0.717) is 44.1 Å². The van der Waals surface area contributed by atoms with E-state index in [-0.39, 0.29) is 13.2 Å². The van der Waals surface area contributed by atoms with Gasteiger partial charge in [0.2, 0.25) is 0 Å². The number of carboxylic acids is 2. The van der Waals surface area contributed by atoms with E-state index in [0.717, 1.165) is 11.1 Å². The maximum absolute atomic E-state index is 13.3. The summed E-state index contributed by atoms with van der Waals surface area (Å²) in [7, 11) is 0. The average Bonchev–Trinajstić information content (AvgIpc) is 3.22. The molecule has 0 aliphatic carbocycles. The molecule has 2 heterocycles. The Bertz CT molecular complexity index is 1950. The summed E-state index contributed by atoms with van der Waals surface area (Å²) in [6.07, 6.45) is -3.64. The van der Waals surface area contributed by atoms with Crippen molar-refractivity contribution in [3.05, 3.63) is 139 Å². The van der Waals surface area contributed by atoms with Crippen molar-refractivity contribution in [3.8, 4) is 0 Å². The summed E-state index contributed by atoms with van der Waals surface area (Å²) in [5.41, 5.74) is 2.95. The molecule has 4 aromatic rings. The van der Waals surface area contributed by atoms with Gasteiger partial charge in [0, 0.05) is 20.1 Å². The van der Waals surface area contributed by atoms with Gasteiger partial charge in [-0.2, -0.15) is 0 Å². The summed E-state index contributed by atoms with van der Waals surface area (Å²) >= 11 is 24.5. The van der Waals surface area contributed by atoms with Gasteiger partial charge in [0.25, 0.3) is 11.8 Å². The van der Waals surface area contributed by atoms with Gasteiger partial charge in [0.1, 0.15) is 24.4 Å². The zero-order valence-electron chi connectivity index (χ0n) is 32.7. The third-order valence-electron chi connectivity index (χ3n) is 10.5. The first-order valence-electron chi connectivity index (χ1n) is 19.3. The topological polar surface area (TPSA) is 174 Å². The van der Waals surface area contributed by atoms with Crippen LogP contribution in [0.3, 0.4) is 0 Å². The number of hydrogen-bond donors (Lipinski definition) is 4. The second-order valence-electron chi connectivity index (χ2n) is 14.4. The van der Waals surface area contributed by atoms with E-state index in [1.807, 2.05) is 26.0 Å². The molecule has 4 aromatic carbocycles. The smallest absolute Gasteiger partial charge is 0.306 e. The quantitative estimate of drug-likeness (QED) is 0.0961. The molecule has 16 heteroatoms. The van der Waals surface area contributed by atoms with E-state index in [2.05, 4.69) is 0 Å². The van der Waals surface area contributed by atoms with Crippen LogP contribution in [0, 0.1) is 0 Å². The van der Waals surface area contributed by atoms with Gasteiger partial charge < -0.3 is 39.7 Å². The summed E-state index contributed by atoms with van der Waals surface area (Å²) in [6.45, 7) is 3.22. The molecule has 320 valence electrons. The molecule has 8 atom stereocenters. The van der Waals surface area contributed by atoms with Gasteiger partial charge >= 0.3 is 11.9 Å². The number of benzene rings is 4. The van der Waals surface area contributed by atoms with E-state index in [4.69, 9.17) is 55.9 Å². The lowest BCUT2D eigenvalue weighted by Gasteiger charge is -2.47. The molecule has 4 N–H and O–H groups in total. The number of aliphatic hydroxyl groups is 2. The summed E-state index contributed by atoms with van der Waals surface area (Å²) in [4.78, 5) is 52.5. The molecule has 0 unspecified atom stereocenters. The minimum atomic E-state index is -1.17. The highest BCUT2D eigenvalue weighted by Gasteiger charge is 2.48. The van der Waals surface area contributed by atoms with Gasteiger partial charge in [-0.1, -0.05) is 109 Å². The number of ether oxygens (including phenoxy) is 2. The number of halogens is 4. The zero-order chi connectivity index (χ0) is 43.7. The molecule has 6 rings (SSSR count).